The topological polar surface area (TPSA) is 91.7 Å². The van der Waals surface area contributed by atoms with Gasteiger partial charge in [0.25, 0.3) is 0 Å². The van der Waals surface area contributed by atoms with Crippen molar-refractivity contribution < 1.29 is 24.6 Å². The van der Waals surface area contributed by atoms with E-state index in [4.69, 9.17) is 10.2 Å². The summed E-state index contributed by atoms with van der Waals surface area (Å²) >= 11 is 0. The Morgan fingerprint density at radius 1 is 1.19 bits per heavy atom. The van der Waals surface area contributed by atoms with Crippen LogP contribution in [0.5, 0.6) is 0 Å². The molecule has 0 radical (unpaired) electrons. The standard InChI is InChI=1S/C16H18O5/c1-16(14(18)19,15(20)21)12-7-5-10(6-8-12)9-11-3-2-4-13(11)17/h5-8,11H,2-4,9H2,1H3,(H,18,19)(H,20,21). The molecule has 0 heterocycles. The lowest BCUT2D eigenvalue weighted by Crippen LogP contribution is -2.40. The van der Waals surface area contributed by atoms with E-state index in [0.29, 0.717) is 12.8 Å². The van der Waals surface area contributed by atoms with Crippen molar-refractivity contribution in [1.29, 1.82) is 0 Å². The fraction of sp³-hybridized carbons (Fsp3) is 0.438. The van der Waals surface area contributed by atoms with Crippen molar-refractivity contribution in [3.05, 3.63) is 35.4 Å². The first-order valence-electron chi connectivity index (χ1n) is 6.94. The number of rotatable bonds is 5. The van der Waals surface area contributed by atoms with E-state index in [1.54, 1.807) is 12.1 Å². The van der Waals surface area contributed by atoms with E-state index < -0.39 is 17.4 Å². The van der Waals surface area contributed by atoms with Gasteiger partial charge in [-0.15, -0.1) is 0 Å². The van der Waals surface area contributed by atoms with Crippen LogP contribution < -0.4 is 0 Å². The number of carboxylic acid groups (broad SMARTS) is 2. The molecule has 5 nitrogen and oxygen atoms in total. The third kappa shape index (κ3) is 2.82. The molecule has 1 aliphatic rings. The Balaban J connectivity index is 2.20. The summed E-state index contributed by atoms with van der Waals surface area (Å²) in [5.74, 6) is -2.47. The van der Waals surface area contributed by atoms with E-state index >= 15 is 0 Å². The molecule has 2 rings (SSSR count). The molecule has 0 spiro atoms. The summed E-state index contributed by atoms with van der Waals surface area (Å²) in [5.41, 5.74) is -0.803. The number of ketones is 1. The largest absolute Gasteiger partial charge is 0.480 e. The molecule has 1 atom stereocenters. The fourth-order valence-electron chi connectivity index (χ4n) is 2.70. The van der Waals surface area contributed by atoms with Gasteiger partial charge in [-0.05, 0) is 37.3 Å². The molecule has 1 fully saturated rings. The second-order valence-corrected chi connectivity index (χ2v) is 5.69. The first-order chi connectivity index (χ1) is 9.85. The number of Topliss-reactive ketones (excluding diaryl/α,β-unsaturated/α-hetero) is 1. The van der Waals surface area contributed by atoms with Gasteiger partial charge in [-0.1, -0.05) is 24.3 Å². The minimum Gasteiger partial charge on any atom is -0.480 e. The van der Waals surface area contributed by atoms with E-state index in [2.05, 4.69) is 0 Å². The highest BCUT2D eigenvalue weighted by atomic mass is 16.4. The van der Waals surface area contributed by atoms with E-state index in [0.717, 1.165) is 18.4 Å². The number of carbonyl (C=O) groups is 3. The van der Waals surface area contributed by atoms with Gasteiger partial charge in [0.2, 0.25) is 0 Å². The summed E-state index contributed by atoms with van der Waals surface area (Å²) < 4.78 is 0. The highest BCUT2D eigenvalue weighted by molar-refractivity contribution is 6.04. The zero-order chi connectivity index (χ0) is 15.6. The summed E-state index contributed by atoms with van der Waals surface area (Å²) in [6.45, 7) is 1.17. The highest BCUT2D eigenvalue weighted by Crippen LogP contribution is 2.28. The summed E-state index contributed by atoms with van der Waals surface area (Å²) in [6.07, 6.45) is 3.09. The zero-order valence-corrected chi connectivity index (χ0v) is 11.8. The van der Waals surface area contributed by atoms with Gasteiger partial charge in [-0.3, -0.25) is 14.4 Å². The number of carbonyl (C=O) groups excluding carboxylic acids is 1. The van der Waals surface area contributed by atoms with Gasteiger partial charge in [-0.25, -0.2) is 0 Å². The summed E-state index contributed by atoms with van der Waals surface area (Å²) in [7, 11) is 0. The number of hydrogen-bond acceptors (Lipinski definition) is 3. The number of carboxylic acids is 2. The Hall–Kier alpha value is -2.17. The molecule has 5 heteroatoms. The van der Waals surface area contributed by atoms with Crippen LogP contribution >= 0.6 is 0 Å². The molecule has 0 aromatic heterocycles. The molecular formula is C16H18O5. The van der Waals surface area contributed by atoms with E-state index in [1.165, 1.54) is 19.1 Å². The van der Waals surface area contributed by atoms with Crippen molar-refractivity contribution in [2.75, 3.05) is 0 Å². The maximum absolute atomic E-state index is 11.6. The van der Waals surface area contributed by atoms with Crippen LogP contribution in [0.3, 0.4) is 0 Å². The molecular weight excluding hydrogens is 272 g/mol. The Morgan fingerprint density at radius 2 is 1.76 bits per heavy atom. The predicted molar refractivity (Wildman–Crippen MR) is 75.1 cm³/mol. The molecule has 0 amide bonds. The Bertz CT molecular complexity index is 559. The quantitative estimate of drug-likeness (QED) is 0.809. The first-order valence-corrected chi connectivity index (χ1v) is 6.94. The monoisotopic (exact) mass is 290 g/mol. The molecule has 1 aromatic carbocycles. The summed E-state index contributed by atoms with van der Waals surface area (Å²) in [4.78, 5) is 34.1. The van der Waals surface area contributed by atoms with Crippen LogP contribution in [-0.4, -0.2) is 27.9 Å². The van der Waals surface area contributed by atoms with E-state index in [1.807, 2.05) is 0 Å². The van der Waals surface area contributed by atoms with Gasteiger partial charge in [0, 0.05) is 12.3 Å². The normalized spacial score (nSPS) is 18.7. The molecule has 2 N–H and O–H groups in total. The average molecular weight is 290 g/mol. The Labute approximate surface area is 122 Å². The van der Waals surface area contributed by atoms with Crippen molar-refractivity contribution in [2.24, 2.45) is 5.92 Å². The molecule has 1 aromatic rings. The average Bonchev–Trinajstić information content (AvgIpc) is 2.83. The molecule has 1 aliphatic carbocycles. The number of aliphatic carboxylic acids is 2. The van der Waals surface area contributed by atoms with Crippen molar-refractivity contribution in [3.63, 3.8) is 0 Å². The van der Waals surface area contributed by atoms with Gasteiger partial charge in [0.15, 0.2) is 5.41 Å². The van der Waals surface area contributed by atoms with Crippen LogP contribution in [0.25, 0.3) is 0 Å². The molecule has 1 unspecified atom stereocenters. The lowest BCUT2D eigenvalue weighted by molar-refractivity contribution is -0.156. The van der Waals surface area contributed by atoms with Gasteiger partial charge < -0.3 is 10.2 Å². The number of benzene rings is 1. The Kier molecular flexibility index (Phi) is 4.11. The maximum atomic E-state index is 11.6. The van der Waals surface area contributed by atoms with E-state index in [-0.39, 0.29) is 17.3 Å². The van der Waals surface area contributed by atoms with Crippen molar-refractivity contribution in [3.8, 4) is 0 Å². The lowest BCUT2D eigenvalue weighted by Gasteiger charge is -2.20. The molecule has 0 aliphatic heterocycles. The maximum Gasteiger partial charge on any atom is 0.325 e. The van der Waals surface area contributed by atoms with E-state index in [9.17, 15) is 14.4 Å². The minimum atomic E-state index is -1.96. The van der Waals surface area contributed by atoms with Gasteiger partial charge >= 0.3 is 11.9 Å². The summed E-state index contributed by atoms with van der Waals surface area (Å²) in [5, 5.41) is 18.3. The van der Waals surface area contributed by atoms with Crippen LogP contribution in [0.2, 0.25) is 0 Å². The molecule has 1 saturated carbocycles. The van der Waals surface area contributed by atoms with Crippen LogP contribution in [0, 0.1) is 5.92 Å². The molecule has 0 saturated heterocycles. The SMILES string of the molecule is CC(C(=O)O)(C(=O)O)c1ccc(CC2CCCC2=O)cc1. The predicted octanol–water partition coefficient (Wildman–Crippen LogP) is 2.03. The minimum absolute atomic E-state index is 0.0428. The zero-order valence-electron chi connectivity index (χ0n) is 11.8. The molecule has 112 valence electrons. The van der Waals surface area contributed by atoms with Crippen LogP contribution in [-0.2, 0) is 26.2 Å². The molecule has 21 heavy (non-hydrogen) atoms. The third-order valence-corrected chi connectivity index (χ3v) is 4.30. The lowest BCUT2D eigenvalue weighted by atomic mass is 9.82. The summed E-state index contributed by atoms with van der Waals surface area (Å²) in [6, 6.07) is 6.48. The third-order valence-electron chi connectivity index (χ3n) is 4.30. The van der Waals surface area contributed by atoms with Crippen LogP contribution in [0.15, 0.2) is 24.3 Å². The second kappa shape index (κ2) is 5.68. The smallest absolute Gasteiger partial charge is 0.325 e. The van der Waals surface area contributed by atoms with Crippen LogP contribution in [0.4, 0.5) is 0 Å². The Morgan fingerprint density at radius 3 is 2.19 bits per heavy atom. The number of hydrogen-bond donors (Lipinski definition) is 2. The first kappa shape index (κ1) is 15.2. The van der Waals surface area contributed by atoms with Gasteiger partial charge in [0.1, 0.15) is 5.78 Å². The van der Waals surface area contributed by atoms with Gasteiger partial charge in [-0.2, -0.15) is 0 Å². The van der Waals surface area contributed by atoms with Crippen molar-refractivity contribution >= 4 is 17.7 Å². The second-order valence-electron chi connectivity index (χ2n) is 5.69. The molecule has 0 bridgehead atoms. The highest BCUT2D eigenvalue weighted by Gasteiger charge is 2.43. The van der Waals surface area contributed by atoms with Crippen molar-refractivity contribution in [1.82, 2.24) is 0 Å². The van der Waals surface area contributed by atoms with Gasteiger partial charge in [0.05, 0.1) is 0 Å². The van der Waals surface area contributed by atoms with Crippen molar-refractivity contribution in [2.45, 2.75) is 38.0 Å². The fourth-order valence-corrected chi connectivity index (χ4v) is 2.70. The van der Waals surface area contributed by atoms with Crippen LogP contribution in [0.1, 0.15) is 37.3 Å².